The zero-order valence-corrected chi connectivity index (χ0v) is 15.8. The molecule has 0 saturated heterocycles. The van der Waals surface area contributed by atoms with Gasteiger partial charge in [-0.2, -0.15) is 11.8 Å². The summed E-state index contributed by atoms with van der Waals surface area (Å²) in [6, 6.07) is 16.1. The molecule has 2 amide bonds. The molecule has 6 heteroatoms. The van der Waals surface area contributed by atoms with Crippen LogP contribution in [0.25, 0.3) is 0 Å². The minimum Gasteiger partial charge on any atom is -0.484 e. The zero-order valence-electron chi connectivity index (χ0n) is 15.0. The Kier molecular flexibility index (Phi) is 8.02. The fourth-order valence-electron chi connectivity index (χ4n) is 2.27. The van der Waals surface area contributed by atoms with E-state index < -0.39 is 6.04 Å². The van der Waals surface area contributed by atoms with Crippen LogP contribution in [0.15, 0.2) is 54.6 Å². The van der Waals surface area contributed by atoms with Gasteiger partial charge in [-0.3, -0.25) is 9.59 Å². The molecule has 0 aliphatic rings. The number of hydrogen-bond acceptors (Lipinski definition) is 4. The maximum Gasteiger partial charge on any atom is 0.258 e. The molecule has 5 nitrogen and oxygen atoms in total. The molecule has 0 bridgehead atoms. The van der Waals surface area contributed by atoms with Crippen LogP contribution in [0.4, 0.5) is 5.69 Å². The van der Waals surface area contributed by atoms with Crippen molar-refractivity contribution in [3.63, 3.8) is 0 Å². The third-order valence-electron chi connectivity index (χ3n) is 3.69. The Labute approximate surface area is 158 Å². The smallest absolute Gasteiger partial charge is 0.258 e. The quantitative estimate of drug-likeness (QED) is 0.709. The number of carbonyl (C=O) groups excluding carboxylic acids is 2. The van der Waals surface area contributed by atoms with Crippen LogP contribution < -0.4 is 15.4 Å². The van der Waals surface area contributed by atoms with Gasteiger partial charge in [0.25, 0.3) is 5.91 Å². The number of nitrogens with one attached hydrogen (secondary N) is 2. The molecule has 2 N–H and O–H groups in total. The monoisotopic (exact) mass is 372 g/mol. The van der Waals surface area contributed by atoms with Crippen molar-refractivity contribution in [3.05, 3.63) is 60.2 Å². The number of amides is 2. The molecule has 138 valence electrons. The maximum atomic E-state index is 12.5. The van der Waals surface area contributed by atoms with E-state index in [0.717, 1.165) is 11.3 Å². The lowest BCUT2D eigenvalue weighted by atomic mass is 10.2. The zero-order chi connectivity index (χ0) is 18.8. The van der Waals surface area contributed by atoms with Gasteiger partial charge >= 0.3 is 0 Å². The highest BCUT2D eigenvalue weighted by Crippen LogP contribution is 2.11. The second-order valence-electron chi connectivity index (χ2n) is 5.86. The molecule has 2 aromatic carbocycles. The van der Waals surface area contributed by atoms with Gasteiger partial charge in [0, 0.05) is 5.69 Å². The number of para-hydroxylation sites is 1. The van der Waals surface area contributed by atoms with E-state index in [0.29, 0.717) is 17.9 Å². The van der Waals surface area contributed by atoms with Gasteiger partial charge in [-0.25, -0.2) is 0 Å². The highest BCUT2D eigenvalue weighted by Gasteiger charge is 2.20. The number of rotatable bonds is 9. The van der Waals surface area contributed by atoms with Gasteiger partial charge in [0.1, 0.15) is 11.8 Å². The average molecular weight is 372 g/mol. The highest BCUT2D eigenvalue weighted by molar-refractivity contribution is 7.98. The molecular formula is C20H24N2O3S. The lowest BCUT2D eigenvalue weighted by Gasteiger charge is -2.18. The predicted octanol–water partition coefficient (Wildman–Crippen LogP) is 3.25. The second-order valence-corrected chi connectivity index (χ2v) is 6.84. The molecule has 0 radical (unpaired) electrons. The van der Waals surface area contributed by atoms with Crippen LogP contribution in [0.2, 0.25) is 0 Å². The number of thioether (sulfide) groups is 1. The highest BCUT2D eigenvalue weighted by atomic mass is 32.2. The first-order chi connectivity index (χ1) is 12.6. The first kappa shape index (κ1) is 19.8. The first-order valence-electron chi connectivity index (χ1n) is 8.42. The molecule has 0 aliphatic heterocycles. The maximum absolute atomic E-state index is 12.5. The van der Waals surface area contributed by atoms with Gasteiger partial charge in [0.2, 0.25) is 5.91 Å². The predicted molar refractivity (Wildman–Crippen MR) is 107 cm³/mol. The summed E-state index contributed by atoms with van der Waals surface area (Å²) in [7, 11) is 0. The fraction of sp³-hybridized carbons (Fsp3) is 0.300. The van der Waals surface area contributed by atoms with Crippen molar-refractivity contribution >= 4 is 29.3 Å². The second kappa shape index (κ2) is 10.5. The molecule has 1 atom stereocenters. The van der Waals surface area contributed by atoms with Gasteiger partial charge in [-0.15, -0.1) is 0 Å². The van der Waals surface area contributed by atoms with Crippen molar-refractivity contribution in [1.29, 1.82) is 0 Å². The van der Waals surface area contributed by atoms with Crippen LogP contribution in [-0.4, -0.2) is 36.5 Å². The summed E-state index contributed by atoms with van der Waals surface area (Å²) in [4.78, 5) is 24.7. The Morgan fingerprint density at radius 3 is 2.42 bits per heavy atom. The molecular weight excluding hydrogens is 348 g/mol. The molecule has 2 aromatic rings. The Bertz CT molecular complexity index is 705. The largest absolute Gasteiger partial charge is 0.484 e. The van der Waals surface area contributed by atoms with Crippen molar-refractivity contribution < 1.29 is 14.3 Å². The van der Waals surface area contributed by atoms with Gasteiger partial charge in [0.15, 0.2) is 6.61 Å². The van der Waals surface area contributed by atoms with E-state index in [-0.39, 0.29) is 18.4 Å². The molecule has 0 fully saturated rings. The van der Waals surface area contributed by atoms with Gasteiger partial charge in [-0.05, 0) is 49.6 Å². The average Bonchev–Trinajstić information content (AvgIpc) is 2.66. The minimum absolute atomic E-state index is 0.127. The third-order valence-corrected chi connectivity index (χ3v) is 4.34. The number of anilines is 1. The fourth-order valence-corrected chi connectivity index (χ4v) is 2.74. The van der Waals surface area contributed by atoms with Crippen LogP contribution in [0, 0.1) is 6.92 Å². The summed E-state index contributed by atoms with van der Waals surface area (Å²) < 4.78 is 5.44. The van der Waals surface area contributed by atoms with Gasteiger partial charge in [0.05, 0.1) is 0 Å². The van der Waals surface area contributed by atoms with Crippen molar-refractivity contribution in [1.82, 2.24) is 5.32 Å². The van der Waals surface area contributed by atoms with E-state index >= 15 is 0 Å². The standard InChI is InChI=1S/C20H24N2O3S/c1-15-8-10-16(11-9-15)21-20(24)18(12-13-26-2)22-19(23)14-25-17-6-4-3-5-7-17/h3-11,18H,12-14H2,1-2H3,(H,21,24)(H,22,23)/t18-/m0/s1. The molecule has 0 spiro atoms. The first-order valence-corrected chi connectivity index (χ1v) is 9.81. The van der Waals surface area contributed by atoms with Crippen molar-refractivity contribution in [2.24, 2.45) is 0 Å². The lowest BCUT2D eigenvalue weighted by molar-refractivity contribution is -0.127. The topological polar surface area (TPSA) is 67.4 Å². The van der Waals surface area contributed by atoms with E-state index in [9.17, 15) is 9.59 Å². The van der Waals surface area contributed by atoms with E-state index in [4.69, 9.17) is 4.74 Å². The molecule has 0 aliphatic carbocycles. The normalized spacial score (nSPS) is 11.5. The molecule has 0 heterocycles. The summed E-state index contributed by atoms with van der Waals surface area (Å²) in [6.07, 6.45) is 2.52. The molecule has 2 rings (SSSR count). The van der Waals surface area contributed by atoms with Crippen molar-refractivity contribution in [3.8, 4) is 5.75 Å². The van der Waals surface area contributed by atoms with Crippen LogP contribution in [0.1, 0.15) is 12.0 Å². The van der Waals surface area contributed by atoms with Crippen LogP contribution in [-0.2, 0) is 9.59 Å². The number of benzene rings is 2. The number of hydrogen-bond donors (Lipinski definition) is 2. The van der Waals surface area contributed by atoms with Crippen LogP contribution in [0.3, 0.4) is 0 Å². The summed E-state index contributed by atoms with van der Waals surface area (Å²) in [5, 5.41) is 5.62. The van der Waals surface area contributed by atoms with Gasteiger partial charge in [-0.1, -0.05) is 35.9 Å². The Hall–Kier alpha value is -2.47. The minimum atomic E-state index is -0.601. The number of ether oxygens (including phenoxy) is 1. The summed E-state index contributed by atoms with van der Waals surface area (Å²) in [6.45, 7) is 1.86. The third kappa shape index (κ3) is 6.80. The Morgan fingerprint density at radius 2 is 1.77 bits per heavy atom. The summed E-state index contributed by atoms with van der Waals surface area (Å²) in [5.74, 6) is 0.841. The number of carbonyl (C=O) groups is 2. The molecule has 0 saturated carbocycles. The molecule has 0 unspecified atom stereocenters. The SMILES string of the molecule is CSCC[C@H](NC(=O)COc1ccccc1)C(=O)Nc1ccc(C)cc1. The van der Waals surface area contributed by atoms with Crippen molar-refractivity contribution in [2.75, 3.05) is 23.9 Å². The van der Waals surface area contributed by atoms with E-state index in [1.807, 2.05) is 55.6 Å². The van der Waals surface area contributed by atoms with E-state index in [2.05, 4.69) is 10.6 Å². The number of aryl methyl sites for hydroxylation is 1. The Balaban J connectivity index is 1.91. The van der Waals surface area contributed by atoms with Crippen LogP contribution >= 0.6 is 11.8 Å². The summed E-state index contributed by atoms with van der Waals surface area (Å²) >= 11 is 1.63. The van der Waals surface area contributed by atoms with Crippen molar-refractivity contribution in [2.45, 2.75) is 19.4 Å². The molecule has 26 heavy (non-hydrogen) atoms. The van der Waals surface area contributed by atoms with Crippen LogP contribution in [0.5, 0.6) is 5.75 Å². The summed E-state index contributed by atoms with van der Waals surface area (Å²) in [5.41, 5.74) is 1.83. The lowest BCUT2D eigenvalue weighted by Crippen LogP contribution is -2.45. The van der Waals surface area contributed by atoms with E-state index in [1.54, 1.807) is 23.9 Å². The molecule has 0 aromatic heterocycles. The Morgan fingerprint density at radius 1 is 1.08 bits per heavy atom. The van der Waals surface area contributed by atoms with Gasteiger partial charge < -0.3 is 15.4 Å². The van der Waals surface area contributed by atoms with E-state index in [1.165, 1.54) is 0 Å².